The van der Waals surface area contributed by atoms with Crippen LogP contribution >= 0.6 is 0 Å². The summed E-state index contributed by atoms with van der Waals surface area (Å²) >= 11 is 0. The molecule has 2 fully saturated rings. The molecular weight excluding hydrogens is 560 g/mol. The number of benzene rings is 1. The van der Waals surface area contributed by atoms with Crippen LogP contribution in [0, 0.1) is 11.3 Å². The van der Waals surface area contributed by atoms with Crippen LogP contribution < -0.4 is 10.1 Å². The minimum absolute atomic E-state index is 0.0899. The molecule has 0 aromatic heterocycles. The number of hydrogen-bond donors (Lipinski definition) is 1. The second-order valence-electron chi connectivity index (χ2n) is 11.8. The lowest BCUT2D eigenvalue weighted by Gasteiger charge is -2.37. The number of ketones is 1. The zero-order chi connectivity index (χ0) is 31.8. The van der Waals surface area contributed by atoms with Crippen molar-refractivity contribution in [1.29, 1.82) is 0 Å². The van der Waals surface area contributed by atoms with Gasteiger partial charge in [0.25, 0.3) is 0 Å². The van der Waals surface area contributed by atoms with Gasteiger partial charge in [0.2, 0.25) is 21.8 Å². The predicted molar refractivity (Wildman–Crippen MR) is 161 cm³/mol. The molecule has 1 N–H and O–H groups in total. The fraction of sp³-hybridized carbons (Fsp3) is 0.667. The summed E-state index contributed by atoms with van der Waals surface area (Å²) in [6.45, 7) is 15.4. The third-order valence-corrected chi connectivity index (χ3v) is 9.12. The van der Waals surface area contributed by atoms with Crippen LogP contribution in [-0.2, 0) is 30.8 Å². The zero-order valence-corrected chi connectivity index (χ0v) is 27.1. The average Bonchev–Trinajstić information content (AvgIpc) is 3.45. The minimum Gasteiger partial charge on any atom is -0.410 e. The third kappa shape index (κ3) is 9.52. The Labute approximate surface area is 251 Å². The Balaban J connectivity index is 0.00000301. The Hall–Kier alpha value is -2.99. The van der Waals surface area contributed by atoms with Crippen molar-refractivity contribution in [3.05, 3.63) is 29.8 Å². The van der Waals surface area contributed by atoms with E-state index in [1.54, 1.807) is 34.1 Å². The molecule has 2 heterocycles. The maximum absolute atomic E-state index is 12.8. The van der Waals surface area contributed by atoms with Crippen molar-refractivity contribution < 1.29 is 32.3 Å². The molecule has 236 valence electrons. The Morgan fingerprint density at radius 2 is 1.52 bits per heavy atom. The smallest absolute Gasteiger partial charge is 0.410 e. The highest BCUT2D eigenvalue weighted by atomic mass is 32.2. The molecule has 1 aromatic carbocycles. The Morgan fingerprint density at radius 3 is 2.02 bits per heavy atom. The molecule has 0 radical (unpaired) electrons. The summed E-state index contributed by atoms with van der Waals surface area (Å²) in [7, 11) is -3.52. The number of nitrogens with zero attached hydrogens (tertiary/aromatic N) is 3. The number of sulfonamides is 1. The summed E-state index contributed by atoms with van der Waals surface area (Å²) in [5, 5.41) is 2.71. The lowest BCUT2D eigenvalue weighted by atomic mass is 9.81. The fourth-order valence-corrected chi connectivity index (χ4v) is 5.94. The lowest BCUT2D eigenvalue weighted by molar-refractivity contribution is -0.139. The van der Waals surface area contributed by atoms with Crippen molar-refractivity contribution in [2.75, 3.05) is 39.0 Å². The average molecular weight is 609 g/mol. The van der Waals surface area contributed by atoms with E-state index in [1.165, 1.54) is 11.2 Å². The van der Waals surface area contributed by atoms with Gasteiger partial charge in [0.05, 0.1) is 12.3 Å². The number of piperazine rings is 1. The van der Waals surface area contributed by atoms with E-state index < -0.39 is 34.1 Å². The van der Waals surface area contributed by atoms with Gasteiger partial charge in [-0.2, -0.15) is 4.31 Å². The van der Waals surface area contributed by atoms with Crippen LogP contribution in [0.15, 0.2) is 24.3 Å². The molecule has 2 aliphatic rings. The summed E-state index contributed by atoms with van der Waals surface area (Å²) in [6.07, 6.45) is 1.78. The van der Waals surface area contributed by atoms with Gasteiger partial charge in [-0.15, -0.1) is 0 Å². The first-order valence-corrected chi connectivity index (χ1v) is 16.5. The fourth-order valence-electron chi connectivity index (χ4n) is 4.81. The van der Waals surface area contributed by atoms with Gasteiger partial charge < -0.3 is 19.9 Å². The summed E-state index contributed by atoms with van der Waals surface area (Å²) < 4.78 is 30.7. The lowest BCUT2D eigenvalue weighted by Crippen LogP contribution is -2.53. The van der Waals surface area contributed by atoms with Crippen LogP contribution in [0.1, 0.15) is 66.9 Å². The van der Waals surface area contributed by atoms with Crippen molar-refractivity contribution in [3.8, 4) is 5.75 Å². The minimum atomic E-state index is -3.52. The van der Waals surface area contributed by atoms with Gasteiger partial charge >= 0.3 is 6.09 Å². The molecule has 1 aromatic rings. The van der Waals surface area contributed by atoms with Gasteiger partial charge in [-0.05, 0) is 49.3 Å². The Kier molecular flexibility index (Phi) is 12.5. The van der Waals surface area contributed by atoms with Gasteiger partial charge in [0, 0.05) is 38.6 Å². The van der Waals surface area contributed by atoms with Crippen LogP contribution in [-0.4, -0.2) is 97.3 Å². The number of rotatable bonds is 8. The van der Waals surface area contributed by atoms with E-state index in [-0.39, 0.29) is 36.0 Å². The van der Waals surface area contributed by atoms with E-state index >= 15 is 0 Å². The zero-order valence-electron chi connectivity index (χ0n) is 26.3. The number of carbonyl (C=O) groups is 4. The highest BCUT2D eigenvalue weighted by Crippen LogP contribution is 2.27. The second kappa shape index (κ2) is 15.0. The number of carbonyl (C=O) groups excluding carboxylic acids is 4. The topological polar surface area (TPSA) is 133 Å². The van der Waals surface area contributed by atoms with Crippen LogP contribution in [0.3, 0.4) is 0 Å². The number of ether oxygens (including phenoxy) is 1. The molecule has 2 saturated heterocycles. The van der Waals surface area contributed by atoms with Crippen LogP contribution in [0.4, 0.5) is 4.79 Å². The molecule has 0 saturated carbocycles. The molecule has 0 aliphatic carbocycles. The van der Waals surface area contributed by atoms with E-state index in [2.05, 4.69) is 5.32 Å². The molecule has 2 unspecified atom stereocenters. The van der Waals surface area contributed by atoms with Crippen molar-refractivity contribution in [3.63, 3.8) is 0 Å². The standard InChI is InChI=1S/C28H42N4O7S.C2H6/c1-19(28(3,4)5)26(35)30-14-16-31(17-15-30)27(36)39-22-11-9-21(10-12-22)18-23(20(2)33)29-25(34)24-8-7-13-32(24)40(6,37)38;1-2/h9-12,19,23-24H,7-8,13-18H2,1-6H3,(H,29,34);1-2H3/t19?,23-,24?;/m0./s1. The first kappa shape index (κ1) is 35.2. The first-order chi connectivity index (χ1) is 19.6. The van der Waals surface area contributed by atoms with Crippen molar-refractivity contribution >= 4 is 33.7 Å². The SMILES string of the molecule is CC.CC(=O)[C@H](Cc1ccc(OC(=O)N2CCN(C(=O)C(C)C(C)(C)C)CC2)cc1)NC(=O)C1CCCN1S(C)(=O)=O. The van der Waals surface area contributed by atoms with Crippen LogP contribution in [0.5, 0.6) is 5.75 Å². The first-order valence-electron chi connectivity index (χ1n) is 14.7. The largest absolute Gasteiger partial charge is 0.415 e. The van der Waals surface area contributed by atoms with Crippen LogP contribution in [0.25, 0.3) is 0 Å². The Bertz CT molecular complexity index is 1200. The molecule has 3 amide bonds. The van der Waals surface area contributed by atoms with Gasteiger partial charge in [-0.1, -0.05) is 53.7 Å². The van der Waals surface area contributed by atoms with E-state index in [0.29, 0.717) is 44.8 Å². The van der Waals surface area contributed by atoms with Gasteiger partial charge in [0.15, 0.2) is 5.78 Å². The molecular formula is C30H48N4O7S. The molecule has 12 heteroatoms. The normalized spacial score (nSPS) is 19.3. The Morgan fingerprint density at radius 1 is 0.976 bits per heavy atom. The number of amides is 3. The maximum Gasteiger partial charge on any atom is 0.415 e. The van der Waals surface area contributed by atoms with Crippen molar-refractivity contribution in [2.24, 2.45) is 11.3 Å². The summed E-state index contributed by atoms with van der Waals surface area (Å²) in [4.78, 5) is 53.9. The van der Waals surface area contributed by atoms with E-state index in [4.69, 9.17) is 4.74 Å². The van der Waals surface area contributed by atoms with Gasteiger partial charge in [-0.25, -0.2) is 13.2 Å². The van der Waals surface area contributed by atoms with E-state index in [1.807, 2.05) is 41.5 Å². The van der Waals surface area contributed by atoms with Gasteiger partial charge in [0.1, 0.15) is 11.8 Å². The molecule has 3 atom stereocenters. The second-order valence-corrected chi connectivity index (χ2v) is 13.8. The highest BCUT2D eigenvalue weighted by molar-refractivity contribution is 7.88. The van der Waals surface area contributed by atoms with E-state index in [9.17, 15) is 27.6 Å². The number of Topliss-reactive ketones (excluding diaryl/α,β-unsaturated/α-hetero) is 1. The van der Waals surface area contributed by atoms with Gasteiger partial charge in [-0.3, -0.25) is 14.4 Å². The summed E-state index contributed by atoms with van der Waals surface area (Å²) in [5.74, 6) is -0.421. The third-order valence-electron chi connectivity index (χ3n) is 7.83. The highest BCUT2D eigenvalue weighted by Gasteiger charge is 2.37. The summed E-state index contributed by atoms with van der Waals surface area (Å²) in [5.41, 5.74) is 0.608. The molecule has 0 spiro atoms. The molecule has 2 aliphatic heterocycles. The summed E-state index contributed by atoms with van der Waals surface area (Å²) in [6, 6.07) is 5.04. The van der Waals surface area contributed by atoms with E-state index in [0.717, 1.165) is 11.8 Å². The maximum atomic E-state index is 12.8. The van der Waals surface area contributed by atoms with Crippen LogP contribution in [0.2, 0.25) is 0 Å². The number of hydrogen-bond acceptors (Lipinski definition) is 7. The molecule has 0 bridgehead atoms. The van der Waals surface area contributed by atoms with Crippen molar-refractivity contribution in [1.82, 2.24) is 19.4 Å². The number of nitrogens with one attached hydrogen (secondary N) is 1. The quantitative estimate of drug-likeness (QED) is 0.480. The predicted octanol–water partition coefficient (Wildman–Crippen LogP) is 3.08. The molecule has 42 heavy (non-hydrogen) atoms. The molecule has 11 nitrogen and oxygen atoms in total. The van der Waals surface area contributed by atoms with Crippen molar-refractivity contribution in [2.45, 2.75) is 79.8 Å². The monoisotopic (exact) mass is 608 g/mol. The molecule has 3 rings (SSSR count).